The van der Waals surface area contributed by atoms with Crippen LogP contribution in [0.15, 0.2) is 34.2 Å². The third kappa shape index (κ3) is 1.31. The third-order valence-electron chi connectivity index (χ3n) is 1.60. The Balaban J connectivity index is 2.46. The van der Waals surface area contributed by atoms with E-state index in [1.807, 2.05) is 30.1 Å². The molecule has 0 fully saturated rings. The van der Waals surface area contributed by atoms with Gasteiger partial charge in [0.1, 0.15) is 0 Å². The lowest BCUT2D eigenvalue weighted by molar-refractivity contribution is 1.26. The summed E-state index contributed by atoms with van der Waals surface area (Å²) in [4.78, 5) is 5.62. The standard InChI is InChI=1S/C9H9NS/c1-7-6-10-8-4-2-3-5-9(8)11-7/h2-7H,1H3. The van der Waals surface area contributed by atoms with Crippen molar-refractivity contribution in [1.29, 1.82) is 0 Å². The molecule has 1 aliphatic heterocycles. The van der Waals surface area contributed by atoms with Gasteiger partial charge in [-0.25, -0.2) is 0 Å². The van der Waals surface area contributed by atoms with Gasteiger partial charge in [-0.2, -0.15) is 0 Å². The van der Waals surface area contributed by atoms with Crippen LogP contribution in [-0.2, 0) is 0 Å². The van der Waals surface area contributed by atoms with E-state index in [1.165, 1.54) is 4.90 Å². The van der Waals surface area contributed by atoms with E-state index in [2.05, 4.69) is 24.0 Å². The van der Waals surface area contributed by atoms with Gasteiger partial charge in [-0.15, -0.1) is 11.8 Å². The van der Waals surface area contributed by atoms with E-state index in [4.69, 9.17) is 0 Å². The second-order valence-corrected chi connectivity index (χ2v) is 3.99. The average molecular weight is 163 g/mol. The van der Waals surface area contributed by atoms with Gasteiger partial charge in [0.25, 0.3) is 0 Å². The molecule has 2 rings (SSSR count). The van der Waals surface area contributed by atoms with Crippen LogP contribution in [0.5, 0.6) is 0 Å². The Hall–Kier alpha value is -0.760. The van der Waals surface area contributed by atoms with Crippen molar-refractivity contribution in [3.05, 3.63) is 24.3 Å². The number of nitrogens with zero attached hydrogens (tertiary/aromatic N) is 1. The minimum atomic E-state index is 0.518. The lowest BCUT2D eigenvalue weighted by Gasteiger charge is -2.12. The van der Waals surface area contributed by atoms with Gasteiger partial charge in [-0.05, 0) is 19.1 Å². The molecule has 0 amide bonds. The highest BCUT2D eigenvalue weighted by molar-refractivity contribution is 8.00. The monoisotopic (exact) mass is 163 g/mol. The molecule has 11 heavy (non-hydrogen) atoms. The molecule has 56 valence electrons. The fourth-order valence-corrected chi connectivity index (χ4v) is 2.00. The topological polar surface area (TPSA) is 12.4 Å². The summed E-state index contributed by atoms with van der Waals surface area (Å²) in [5.74, 6) is 0. The van der Waals surface area contributed by atoms with Gasteiger partial charge in [-0.3, -0.25) is 4.99 Å². The number of benzene rings is 1. The van der Waals surface area contributed by atoms with E-state index in [0.29, 0.717) is 5.25 Å². The molecule has 1 aromatic carbocycles. The van der Waals surface area contributed by atoms with Crippen LogP contribution in [0.3, 0.4) is 0 Å². The number of para-hydroxylation sites is 1. The van der Waals surface area contributed by atoms with Crippen molar-refractivity contribution in [1.82, 2.24) is 0 Å². The second kappa shape index (κ2) is 2.70. The van der Waals surface area contributed by atoms with Crippen molar-refractivity contribution in [3.63, 3.8) is 0 Å². The minimum Gasteiger partial charge on any atom is -0.259 e. The highest BCUT2D eigenvalue weighted by atomic mass is 32.2. The molecule has 1 atom stereocenters. The SMILES string of the molecule is CC1C=Nc2ccccc2S1. The summed E-state index contributed by atoms with van der Waals surface area (Å²) in [5.41, 5.74) is 1.11. The summed E-state index contributed by atoms with van der Waals surface area (Å²) < 4.78 is 0. The zero-order chi connectivity index (χ0) is 7.68. The van der Waals surface area contributed by atoms with Crippen LogP contribution in [0, 0.1) is 0 Å². The van der Waals surface area contributed by atoms with Crippen LogP contribution < -0.4 is 0 Å². The van der Waals surface area contributed by atoms with Crippen LogP contribution >= 0.6 is 11.8 Å². The second-order valence-electron chi connectivity index (χ2n) is 2.57. The van der Waals surface area contributed by atoms with Crippen molar-refractivity contribution in [2.24, 2.45) is 4.99 Å². The molecule has 1 nitrogen and oxygen atoms in total. The fraction of sp³-hybridized carbons (Fsp3) is 0.222. The summed E-state index contributed by atoms with van der Waals surface area (Å²) in [6.07, 6.45) is 1.99. The van der Waals surface area contributed by atoms with Crippen LogP contribution in [0.25, 0.3) is 0 Å². The van der Waals surface area contributed by atoms with Crippen molar-refractivity contribution in [3.8, 4) is 0 Å². The Morgan fingerprint density at radius 2 is 2.18 bits per heavy atom. The van der Waals surface area contributed by atoms with E-state index < -0.39 is 0 Å². The van der Waals surface area contributed by atoms with Gasteiger partial charge in [0, 0.05) is 16.4 Å². The third-order valence-corrected chi connectivity index (χ3v) is 2.69. The Bertz CT molecular complexity index is 293. The molecule has 0 saturated heterocycles. The van der Waals surface area contributed by atoms with Gasteiger partial charge < -0.3 is 0 Å². The van der Waals surface area contributed by atoms with Gasteiger partial charge in [0.05, 0.1) is 5.69 Å². The van der Waals surface area contributed by atoms with Crippen molar-refractivity contribution >= 4 is 23.7 Å². The summed E-state index contributed by atoms with van der Waals surface area (Å²) in [6.45, 7) is 2.16. The lowest BCUT2D eigenvalue weighted by atomic mass is 10.3. The molecular weight excluding hydrogens is 154 g/mol. The molecule has 0 N–H and O–H groups in total. The van der Waals surface area contributed by atoms with Crippen molar-refractivity contribution in [2.75, 3.05) is 0 Å². The molecule has 1 unspecified atom stereocenters. The predicted molar refractivity (Wildman–Crippen MR) is 49.9 cm³/mol. The molecule has 1 aliphatic rings. The van der Waals surface area contributed by atoms with E-state index in [9.17, 15) is 0 Å². The van der Waals surface area contributed by atoms with Crippen LogP contribution in [0.1, 0.15) is 6.92 Å². The Morgan fingerprint density at radius 1 is 1.36 bits per heavy atom. The molecule has 0 radical (unpaired) electrons. The first-order chi connectivity index (χ1) is 5.36. The first kappa shape index (κ1) is 6.92. The van der Waals surface area contributed by atoms with Gasteiger partial charge in [0.2, 0.25) is 0 Å². The number of hydrogen-bond donors (Lipinski definition) is 0. The molecular formula is C9H9NS. The van der Waals surface area contributed by atoms with E-state index in [-0.39, 0.29) is 0 Å². The van der Waals surface area contributed by atoms with Gasteiger partial charge in [0.15, 0.2) is 0 Å². The minimum absolute atomic E-state index is 0.518. The molecule has 0 aromatic heterocycles. The van der Waals surface area contributed by atoms with E-state index >= 15 is 0 Å². The maximum absolute atomic E-state index is 4.33. The first-order valence-corrected chi connectivity index (χ1v) is 4.54. The maximum atomic E-state index is 4.33. The van der Waals surface area contributed by atoms with E-state index in [1.54, 1.807) is 0 Å². The Morgan fingerprint density at radius 3 is 3.09 bits per heavy atom. The number of rotatable bonds is 0. The van der Waals surface area contributed by atoms with Crippen LogP contribution in [0.2, 0.25) is 0 Å². The number of thioether (sulfide) groups is 1. The Kier molecular flexibility index (Phi) is 1.70. The predicted octanol–water partition coefficient (Wildman–Crippen LogP) is 2.88. The average Bonchev–Trinajstić information content (AvgIpc) is 2.04. The number of fused-ring (bicyclic) bond motifs is 1. The maximum Gasteiger partial charge on any atom is 0.0762 e. The molecule has 1 heterocycles. The van der Waals surface area contributed by atoms with Gasteiger partial charge in [-0.1, -0.05) is 12.1 Å². The quantitative estimate of drug-likeness (QED) is 0.573. The summed E-state index contributed by atoms with van der Waals surface area (Å²) >= 11 is 1.86. The van der Waals surface area contributed by atoms with Crippen molar-refractivity contribution in [2.45, 2.75) is 17.1 Å². The van der Waals surface area contributed by atoms with Gasteiger partial charge >= 0.3 is 0 Å². The fourth-order valence-electron chi connectivity index (χ4n) is 1.08. The molecule has 0 bridgehead atoms. The van der Waals surface area contributed by atoms with E-state index in [0.717, 1.165) is 5.69 Å². The zero-order valence-corrected chi connectivity index (χ0v) is 7.14. The molecule has 2 heteroatoms. The smallest absolute Gasteiger partial charge is 0.0762 e. The molecule has 1 aromatic rings. The zero-order valence-electron chi connectivity index (χ0n) is 6.32. The summed E-state index contributed by atoms with van der Waals surface area (Å²) in [5, 5.41) is 0.518. The highest BCUT2D eigenvalue weighted by Crippen LogP contribution is 2.34. The van der Waals surface area contributed by atoms with Crippen LogP contribution in [-0.4, -0.2) is 11.5 Å². The molecule has 0 aliphatic carbocycles. The normalized spacial score (nSPS) is 21.4. The lowest BCUT2D eigenvalue weighted by Crippen LogP contribution is -2.00. The Labute approximate surface area is 70.5 Å². The molecule has 0 spiro atoms. The number of hydrogen-bond acceptors (Lipinski definition) is 2. The number of aliphatic imine (C=N–C) groups is 1. The largest absolute Gasteiger partial charge is 0.259 e. The molecule has 0 saturated carbocycles. The highest BCUT2D eigenvalue weighted by Gasteiger charge is 2.09. The summed E-state index contributed by atoms with van der Waals surface area (Å²) in [7, 11) is 0. The summed E-state index contributed by atoms with van der Waals surface area (Å²) in [6, 6.07) is 8.24. The van der Waals surface area contributed by atoms with Crippen molar-refractivity contribution < 1.29 is 0 Å². The first-order valence-electron chi connectivity index (χ1n) is 3.66. The van der Waals surface area contributed by atoms with Crippen LogP contribution in [0.4, 0.5) is 5.69 Å².